The van der Waals surface area contributed by atoms with Crippen LogP contribution in [0.5, 0.6) is 0 Å². The number of carbonyl (C=O) groups is 1. The zero-order chi connectivity index (χ0) is 12.3. The van der Waals surface area contributed by atoms with Gasteiger partial charge >= 0.3 is 6.03 Å². The summed E-state index contributed by atoms with van der Waals surface area (Å²) in [6, 6.07) is 3.08. The van der Waals surface area contributed by atoms with Crippen molar-refractivity contribution in [1.82, 2.24) is 10.6 Å². The Morgan fingerprint density at radius 1 is 1.35 bits per heavy atom. The lowest BCUT2D eigenvalue weighted by Gasteiger charge is -2.26. The Labute approximate surface area is 98.2 Å². The van der Waals surface area contributed by atoms with Gasteiger partial charge in [0.2, 0.25) is 0 Å². The van der Waals surface area contributed by atoms with E-state index in [1.165, 1.54) is 0 Å². The summed E-state index contributed by atoms with van der Waals surface area (Å²) in [5.41, 5.74) is 0.147. The van der Waals surface area contributed by atoms with E-state index in [1.54, 1.807) is 0 Å². The van der Waals surface area contributed by atoms with Gasteiger partial charge in [-0.25, -0.2) is 13.6 Å². The van der Waals surface area contributed by atoms with Gasteiger partial charge in [0.25, 0.3) is 0 Å². The molecule has 5 heteroatoms. The van der Waals surface area contributed by atoms with Crippen LogP contribution in [0.2, 0.25) is 0 Å². The molecule has 3 nitrogen and oxygen atoms in total. The molecule has 2 N–H and O–H groups in total. The van der Waals surface area contributed by atoms with Gasteiger partial charge in [-0.05, 0) is 37.5 Å². The Kier molecular flexibility index (Phi) is 3.56. The average Bonchev–Trinajstić information content (AvgIpc) is 2.25. The van der Waals surface area contributed by atoms with Crippen LogP contribution in [-0.2, 0) is 6.54 Å². The maximum absolute atomic E-state index is 13.2. The third-order valence-electron chi connectivity index (χ3n) is 2.89. The molecule has 2 amide bonds. The maximum atomic E-state index is 13.2. The van der Waals surface area contributed by atoms with Gasteiger partial charge in [0.15, 0.2) is 0 Å². The number of rotatable bonds is 3. The van der Waals surface area contributed by atoms with Crippen LogP contribution in [0, 0.1) is 11.6 Å². The molecule has 92 valence electrons. The maximum Gasteiger partial charge on any atom is 0.315 e. The predicted octanol–water partition coefficient (Wildman–Crippen LogP) is 2.32. The highest BCUT2D eigenvalue weighted by molar-refractivity contribution is 5.74. The van der Waals surface area contributed by atoms with E-state index in [0.717, 1.165) is 37.5 Å². The largest absolute Gasteiger partial charge is 0.335 e. The van der Waals surface area contributed by atoms with Crippen molar-refractivity contribution in [3.63, 3.8) is 0 Å². The average molecular weight is 240 g/mol. The summed E-state index contributed by atoms with van der Waals surface area (Å²) in [5.74, 6) is -1.03. The molecule has 0 unspecified atom stereocenters. The molecule has 1 aromatic rings. The van der Waals surface area contributed by atoms with Gasteiger partial charge in [0.05, 0.1) is 0 Å². The first-order chi connectivity index (χ1) is 8.15. The van der Waals surface area contributed by atoms with E-state index in [1.807, 2.05) is 0 Å². The van der Waals surface area contributed by atoms with Gasteiger partial charge in [0.1, 0.15) is 11.6 Å². The summed E-state index contributed by atoms with van der Waals surface area (Å²) in [6.07, 6.45) is 3.10. The quantitative estimate of drug-likeness (QED) is 0.836. The van der Waals surface area contributed by atoms with Crippen molar-refractivity contribution < 1.29 is 13.6 Å². The molecular weight excluding hydrogens is 226 g/mol. The summed E-state index contributed by atoms with van der Waals surface area (Å²) < 4.78 is 26.1. The van der Waals surface area contributed by atoms with Crippen LogP contribution < -0.4 is 10.6 Å². The van der Waals surface area contributed by atoms with Crippen LogP contribution in [0.25, 0.3) is 0 Å². The Bertz CT molecular complexity index is 419. The van der Waals surface area contributed by atoms with E-state index in [0.29, 0.717) is 0 Å². The third kappa shape index (κ3) is 3.15. The van der Waals surface area contributed by atoms with E-state index in [-0.39, 0.29) is 24.2 Å². The zero-order valence-electron chi connectivity index (χ0n) is 9.30. The van der Waals surface area contributed by atoms with Crippen molar-refractivity contribution in [1.29, 1.82) is 0 Å². The number of carbonyl (C=O) groups excluding carboxylic acids is 1. The molecule has 0 radical (unpaired) electrons. The van der Waals surface area contributed by atoms with Crippen LogP contribution in [0.4, 0.5) is 13.6 Å². The molecule has 0 bridgehead atoms. The first-order valence-corrected chi connectivity index (χ1v) is 5.63. The molecule has 17 heavy (non-hydrogen) atoms. The standard InChI is InChI=1S/C12H14F2N2O/c13-9-4-5-11(14)8(6-9)7-15-12(17)16-10-2-1-3-10/h4-6,10H,1-3,7H2,(H2,15,16,17). The van der Waals surface area contributed by atoms with Crippen molar-refractivity contribution in [2.45, 2.75) is 31.8 Å². The van der Waals surface area contributed by atoms with Gasteiger partial charge in [-0.1, -0.05) is 0 Å². The van der Waals surface area contributed by atoms with Crippen LogP contribution in [0.3, 0.4) is 0 Å². The fourth-order valence-corrected chi connectivity index (χ4v) is 1.64. The smallest absolute Gasteiger partial charge is 0.315 e. The number of benzene rings is 1. The lowest BCUT2D eigenvalue weighted by molar-refractivity contribution is 0.228. The molecule has 1 aliphatic rings. The summed E-state index contributed by atoms with van der Waals surface area (Å²) in [7, 11) is 0. The van der Waals surface area contributed by atoms with Crippen molar-refractivity contribution in [2.75, 3.05) is 0 Å². The molecule has 0 atom stereocenters. The van der Waals surface area contributed by atoms with E-state index in [2.05, 4.69) is 10.6 Å². The van der Waals surface area contributed by atoms with Gasteiger partial charge in [-0.3, -0.25) is 0 Å². The van der Waals surface area contributed by atoms with Crippen molar-refractivity contribution >= 4 is 6.03 Å². The van der Waals surface area contributed by atoms with E-state index in [9.17, 15) is 13.6 Å². The lowest BCUT2D eigenvalue weighted by atomic mass is 9.93. The molecule has 2 rings (SSSR count). The summed E-state index contributed by atoms with van der Waals surface area (Å²) in [5, 5.41) is 5.26. The van der Waals surface area contributed by atoms with Crippen LogP contribution in [0.1, 0.15) is 24.8 Å². The lowest BCUT2D eigenvalue weighted by Crippen LogP contribution is -2.44. The second-order valence-electron chi connectivity index (χ2n) is 4.19. The highest BCUT2D eigenvalue weighted by atomic mass is 19.1. The van der Waals surface area contributed by atoms with Gasteiger partial charge in [-0.15, -0.1) is 0 Å². The molecule has 1 aliphatic carbocycles. The highest BCUT2D eigenvalue weighted by Gasteiger charge is 2.19. The first-order valence-electron chi connectivity index (χ1n) is 5.63. The van der Waals surface area contributed by atoms with E-state index < -0.39 is 11.6 Å². The number of hydrogen-bond donors (Lipinski definition) is 2. The highest BCUT2D eigenvalue weighted by Crippen LogP contribution is 2.17. The topological polar surface area (TPSA) is 41.1 Å². The Balaban J connectivity index is 1.83. The molecule has 0 aromatic heterocycles. The zero-order valence-corrected chi connectivity index (χ0v) is 9.30. The molecule has 0 spiro atoms. The molecule has 0 saturated heterocycles. The van der Waals surface area contributed by atoms with Gasteiger partial charge in [-0.2, -0.15) is 0 Å². The molecular formula is C12H14F2N2O. The fourth-order valence-electron chi connectivity index (χ4n) is 1.64. The van der Waals surface area contributed by atoms with Crippen molar-refractivity contribution in [3.05, 3.63) is 35.4 Å². The minimum Gasteiger partial charge on any atom is -0.335 e. The van der Waals surface area contributed by atoms with Gasteiger partial charge < -0.3 is 10.6 Å². The van der Waals surface area contributed by atoms with E-state index in [4.69, 9.17) is 0 Å². The fraction of sp³-hybridized carbons (Fsp3) is 0.417. The van der Waals surface area contributed by atoms with Crippen molar-refractivity contribution in [2.24, 2.45) is 0 Å². The number of halogens is 2. The normalized spacial score (nSPS) is 15.2. The monoisotopic (exact) mass is 240 g/mol. The number of urea groups is 1. The number of amides is 2. The SMILES string of the molecule is O=C(NCc1cc(F)ccc1F)NC1CCC1. The summed E-state index contributed by atoms with van der Waals surface area (Å²) >= 11 is 0. The molecule has 0 aliphatic heterocycles. The third-order valence-corrected chi connectivity index (χ3v) is 2.89. The Morgan fingerprint density at radius 3 is 2.76 bits per heavy atom. The number of nitrogens with one attached hydrogen (secondary N) is 2. The Morgan fingerprint density at radius 2 is 2.12 bits per heavy atom. The van der Waals surface area contributed by atoms with Crippen LogP contribution in [-0.4, -0.2) is 12.1 Å². The second-order valence-corrected chi connectivity index (χ2v) is 4.19. The molecule has 0 heterocycles. The van der Waals surface area contributed by atoms with Crippen LogP contribution in [0.15, 0.2) is 18.2 Å². The molecule has 1 saturated carbocycles. The minimum absolute atomic E-state index is 0.0118. The summed E-state index contributed by atoms with van der Waals surface area (Å²) in [6.45, 7) is -0.0118. The van der Waals surface area contributed by atoms with Crippen molar-refractivity contribution in [3.8, 4) is 0 Å². The Hall–Kier alpha value is -1.65. The summed E-state index contributed by atoms with van der Waals surface area (Å²) in [4.78, 5) is 11.4. The predicted molar refractivity (Wildman–Crippen MR) is 59.4 cm³/mol. The second kappa shape index (κ2) is 5.12. The molecule has 1 aromatic carbocycles. The first kappa shape index (κ1) is 11.8. The van der Waals surface area contributed by atoms with Crippen LogP contribution >= 0.6 is 0 Å². The molecule has 1 fully saturated rings. The van der Waals surface area contributed by atoms with Gasteiger partial charge in [0, 0.05) is 18.2 Å². The minimum atomic E-state index is -0.518. The number of hydrogen-bond acceptors (Lipinski definition) is 1. The van der Waals surface area contributed by atoms with E-state index >= 15 is 0 Å².